The van der Waals surface area contributed by atoms with Crippen LogP contribution in [0.1, 0.15) is 66.1 Å². The molecule has 1 saturated carbocycles. The van der Waals surface area contributed by atoms with Gasteiger partial charge in [-0.2, -0.15) is 5.26 Å². The molecule has 3 rings (SSSR count). The summed E-state index contributed by atoms with van der Waals surface area (Å²) < 4.78 is 0. The number of anilines is 1. The van der Waals surface area contributed by atoms with Crippen molar-refractivity contribution in [3.05, 3.63) is 62.1 Å². The molecule has 1 aliphatic carbocycles. The molecule has 0 radical (unpaired) electrons. The van der Waals surface area contributed by atoms with Crippen LogP contribution in [0.5, 0.6) is 0 Å². The summed E-state index contributed by atoms with van der Waals surface area (Å²) in [5, 5.41) is 12.9. The maximum absolute atomic E-state index is 13.1. The first-order valence-electron chi connectivity index (χ1n) is 11.1. The fraction of sp³-hybridized carbons (Fsp3) is 0.480. The first-order chi connectivity index (χ1) is 14.8. The topological polar surface area (TPSA) is 89.0 Å². The Morgan fingerprint density at radius 3 is 2.52 bits per heavy atom. The smallest absolute Gasteiger partial charge is 0.252 e. The number of benzene rings is 1. The highest BCUT2D eigenvalue weighted by Crippen LogP contribution is 2.31. The number of aryl methyl sites for hydroxylation is 2. The van der Waals surface area contributed by atoms with E-state index in [1.165, 1.54) is 0 Å². The van der Waals surface area contributed by atoms with Crippen LogP contribution < -0.4 is 15.8 Å². The Morgan fingerprint density at radius 2 is 1.90 bits per heavy atom. The number of nitriles is 1. The molecular formula is C25H32N4O2. The Morgan fingerprint density at radius 1 is 1.19 bits per heavy atom. The van der Waals surface area contributed by atoms with Crippen LogP contribution >= 0.6 is 0 Å². The van der Waals surface area contributed by atoms with E-state index in [0.717, 1.165) is 53.8 Å². The van der Waals surface area contributed by atoms with Crippen LogP contribution in [0.2, 0.25) is 0 Å². The van der Waals surface area contributed by atoms with Gasteiger partial charge in [-0.1, -0.05) is 12.8 Å². The number of aromatic amines is 1. The number of carbonyl (C=O) groups excluding carboxylic acids is 1. The molecule has 0 aliphatic heterocycles. The lowest BCUT2D eigenvalue weighted by molar-refractivity contribution is -0.122. The van der Waals surface area contributed by atoms with Gasteiger partial charge in [-0.05, 0) is 75.4 Å². The Hall–Kier alpha value is -2.91. The molecule has 31 heavy (non-hydrogen) atoms. The van der Waals surface area contributed by atoms with Gasteiger partial charge in [0.1, 0.15) is 0 Å². The van der Waals surface area contributed by atoms with Crippen molar-refractivity contribution in [2.75, 3.05) is 11.4 Å². The van der Waals surface area contributed by atoms with E-state index in [2.05, 4.69) is 16.4 Å². The molecular weight excluding hydrogens is 388 g/mol. The molecule has 6 nitrogen and oxygen atoms in total. The molecule has 0 saturated heterocycles. The molecule has 1 aromatic carbocycles. The number of pyridine rings is 1. The molecule has 1 aromatic heterocycles. The van der Waals surface area contributed by atoms with Crippen LogP contribution in [-0.4, -0.2) is 17.4 Å². The molecule has 164 valence electrons. The summed E-state index contributed by atoms with van der Waals surface area (Å²) in [4.78, 5) is 30.1. The fourth-order valence-electron chi connectivity index (χ4n) is 4.55. The van der Waals surface area contributed by atoms with Crippen molar-refractivity contribution in [2.24, 2.45) is 5.92 Å². The number of H-pyrrole nitrogens is 1. The number of nitrogens with one attached hydrogen (secondary N) is 2. The summed E-state index contributed by atoms with van der Waals surface area (Å²) in [6.07, 6.45) is 4.12. The summed E-state index contributed by atoms with van der Waals surface area (Å²) >= 11 is 0. The lowest BCUT2D eigenvalue weighted by Gasteiger charge is -2.27. The number of carbonyl (C=O) groups is 1. The quantitative estimate of drug-likeness (QED) is 0.708. The van der Waals surface area contributed by atoms with Crippen molar-refractivity contribution in [1.82, 2.24) is 10.3 Å². The van der Waals surface area contributed by atoms with Gasteiger partial charge in [0.25, 0.3) is 5.56 Å². The van der Waals surface area contributed by atoms with E-state index in [4.69, 9.17) is 0 Å². The van der Waals surface area contributed by atoms with Crippen LogP contribution in [0.15, 0.2) is 23.0 Å². The third kappa shape index (κ3) is 5.05. The van der Waals surface area contributed by atoms with Gasteiger partial charge in [0.05, 0.1) is 11.6 Å². The molecule has 0 unspecified atom stereocenters. The maximum atomic E-state index is 13.1. The molecule has 1 heterocycles. The molecule has 0 bridgehead atoms. The molecule has 2 aromatic rings. The minimum absolute atomic E-state index is 0.0764. The molecule has 1 aliphatic rings. The van der Waals surface area contributed by atoms with Gasteiger partial charge < -0.3 is 15.2 Å². The van der Waals surface area contributed by atoms with Gasteiger partial charge in [-0.25, -0.2) is 0 Å². The Balaban J connectivity index is 1.84. The van der Waals surface area contributed by atoms with Gasteiger partial charge in [0, 0.05) is 42.5 Å². The second-order valence-electron chi connectivity index (χ2n) is 8.50. The number of hydrogen-bond acceptors (Lipinski definition) is 4. The predicted molar refractivity (Wildman–Crippen MR) is 123 cm³/mol. The van der Waals surface area contributed by atoms with Crippen molar-refractivity contribution in [3.8, 4) is 6.07 Å². The van der Waals surface area contributed by atoms with Crippen molar-refractivity contribution in [1.29, 1.82) is 5.26 Å². The standard InChI is InChI=1S/C25H32N4O2/c1-5-29(25(31)20-8-6-7-9-20)23-12-19(13-26)11-21(18(23)4)14-27-15-22-16(2)10-17(3)28-24(22)30/h10-12,20,27H,5-9,14-15H2,1-4H3,(H,28,30). The highest BCUT2D eigenvalue weighted by Gasteiger charge is 2.28. The van der Waals surface area contributed by atoms with E-state index in [1.807, 2.05) is 50.8 Å². The minimum atomic E-state index is -0.0764. The summed E-state index contributed by atoms with van der Waals surface area (Å²) in [5.74, 6) is 0.252. The van der Waals surface area contributed by atoms with Crippen LogP contribution in [0, 0.1) is 38.0 Å². The molecule has 2 N–H and O–H groups in total. The van der Waals surface area contributed by atoms with Crippen LogP contribution in [-0.2, 0) is 17.9 Å². The number of nitrogens with zero attached hydrogens (tertiary/aromatic N) is 2. The second kappa shape index (κ2) is 9.93. The highest BCUT2D eigenvalue weighted by molar-refractivity contribution is 5.96. The van der Waals surface area contributed by atoms with E-state index in [1.54, 1.807) is 0 Å². The summed E-state index contributed by atoms with van der Waals surface area (Å²) in [5.41, 5.74) is 5.76. The zero-order valence-corrected chi connectivity index (χ0v) is 19.0. The highest BCUT2D eigenvalue weighted by atomic mass is 16.2. The molecule has 6 heteroatoms. The Labute approximate surface area is 184 Å². The number of amides is 1. The lowest BCUT2D eigenvalue weighted by atomic mass is 10.00. The third-order valence-electron chi connectivity index (χ3n) is 6.31. The maximum Gasteiger partial charge on any atom is 0.252 e. The fourth-order valence-corrected chi connectivity index (χ4v) is 4.55. The SMILES string of the molecule is CCN(C(=O)C1CCCC1)c1cc(C#N)cc(CNCc2c(C)cc(C)[nH]c2=O)c1C. The van der Waals surface area contributed by atoms with E-state index in [-0.39, 0.29) is 17.4 Å². The largest absolute Gasteiger partial charge is 0.326 e. The van der Waals surface area contributed by atoms with Gasteiger partial charge in [-0.3, -0.25) is 9.59 Å². The van der Waals surface area contributed by atoms with Crippen molar-refractivity contribution >= 4 is 11.6 Å². The zero-order chi connectivity index (χ0) is 22.5. The van der Waals surface area contributed by atoms with E-state index in [0.29, 0.717) is 30.8 Å². The molecule has 1 fully saturated rings. The molecule has 0 spiro atoms. The molecule has 1 amide bonds. The van der Waals surface area contributed by atoms with Crippen molar-refractivity contribution < 1.29 is 4.79 Å². The monoisotopic (exact) mass is 420 g/mol. The zero-order valence-electron chi connectivity index (χ0n) is 19.0. The number of hydrogen-bond donors (Lipinski definition) is 2. The van der Waals surface area contributed by atoms with E-state index < -0.39 is 0 Å². The second-order valence-corrected chi connectivity index (χ2v) is 8.50. The first kappa shape index (κ1) is 22.8. The van der Waals surface area contributed by atoms with Crippen LogP contribution in [0.25, 0.3) is 0 Å². The number of aromatic nitrogens is 1. The van der Waals surface area contributed by atoms with E-state index in [9.17, 15) is 14.9 Å². The van der Waals surface area contributed by atoms with Crippen molar-refractivity contribution in [3.63, 3.8) is 0 Å². The molecule has 0 atom stereocenters. The van der Waals surface area contributed by atoms with Gasteiger partial charge in [0.2, 0.25) is 5.91 Å². The lowest BCUT2D eigenvalue weighted by Crippen LogP contribution is -2.36. The van der Waals surface area contributed by atoms with Crippen LogP contribution in [0.3, 0.4) is 0 Å². The first-order valence-corrected chi connectivity index (χ1v) is 11.1. The normalized spacial score (nSPS) is 13.9. The summed E-state index contributed by atoms with van der Waals surface area (Å²) in [6, 6.07) is 7.89. The summed E-state index contributed by atoms with van der Waals surface area (Å²) in [6.45, 7) is 9.32. The Bertz CT molecular complexity index is 1060. The minimum Gasteiger partial charge on any atom is -0.326 e. The average Bonchev–Trinajstić information content (AvgIpc) is 3.27. The van der Waals surface area contributed by atoms with Gasteiger partial charge in [-0.15, -0.1) is 0 Å². The summed E-state index contributed by atoms with van der Waals surface area (Å²) in [7, 11) is 0. The van der Waals surface area contributed by atoms with Gasteiger partial charge in [0.15, 0.2) is 0 Å². The average molecular weight is 421 g/mol. The predicted octanol–water partition coefficient (Wildman–Crippen LogP) is 4.00. The number of rotatable bonds is 7. The van der Waals surface area contributed by atoms with E-state index >= 15 is 0 Å². The van der Waals surface area contributed by atoms with Gasteiger partial charge >= 0.3 is 0 Å². The van der Waals surface area contributed by atoms with Crippen LogP contribution in [0.4, 0.5) is 5.69 Å². The Kier molecular flexibility index (Phi) is 7.29. The third-order valence-corrected chi connectivity index (χ3v) is 6.31. The van der Waals surface area contributed by atoms with Crippen molar-refractivity contribution in [2.45, 2.75) is 66.5 Å².